The van der Waals surface area contributed by atoms with Crippen LogP contribution in [-0.4, -0.2) is 43.8 Å². The van der Waals surface area contributed by atoms with E-state index in [0.717, 1.165) is 9.87 Å². The van der Waals surface area contributed by atoms with Gasteiger partial charge in [0, 0.05) is 19.0 Å². The van der Waals surface area contributed by atoms with Gasteiger partial charge in [-0.15, -0.1) is 0 Å². The minimum atomic E-state index is -4.25. The molecule has 4 aromatic carbocycles. The molecule has 4 aromatic rings. The van der Waals surface area contributed by atoms with Gasteiger partial charge in [0.25, 0.3) is 10.0 Å². The first kappa shape index (κ1) is 33.3. The molecule has 4 rings (SSSR count). The first-order valence-corrected chi connectivity index (χ1v) is 16.4. The van der Waals surface area contributed by atoms with Crippen molar-refractivity contribution in [2.75, 3.05) is 10.8 Å². The highest BCUT2D eigenvalue weighted by Crippen LogP contribution is 2.31. The maximum Gasteiger partial charge on any atom is 0.264 e. The molecule has 1 atom stereocenters. The lowest BCUT2D eigenvalue weighted by Gasteiger charge is -2.34. The van der Waals surface area contributed by atoms with Gasteiger partial charge in [-0.1, -0.05) is 102 Å². The van der Waals surface area contributed by atoms with Crippen molar-refractivity contribution in [1.82, 2.24) is 10.2 Å². The Morgan fingerprint density at radius 2 is 1.36 bits per heavy atom. The second-order valence-electron chi connectivity index (χ2n) is 10.4. The number of anilines is 1. The predicted molar refractivity (Wildman–Crippen MR) is 177 cm³/mol. The summed E-state index contributed by atoms with van der Waals surface area (Å²) in [5.74, 6) is -0.997. The smallest absolute Gasteiger partial charge is 0.264 e. The number of amides is 2. The Morgan fingerprint density at radius 3 is 1.98 bits per heavy atom. The van der Waals surface area contributed by atoms with Gasteiger partial charge in [-0.3, -0.25) is 13.9 Å². The molecule has 0 aliphatic carbocycles. The van der Waals surface area contributed by atoms with Crippen LogP contribution in [0.2, 0.25) is 15.1 Å². The Balaban J connectivity index is 1.82. The Morgan fingerprint density at radius 1 is 0.750 bits per heavy atom. The van der Waals surface area contributed by atoms with Gasteiger partial charge in [0.05, 0.1) is 25.7 Å². The molecule has 230 valence electrons. The molecular formula is C33H32Cl3N3O4S. The van der Waals surface area contributed by atoms with Crippen molar-refractivity contribution in [1.29, 1.82) is 0 Å². The van der Waals surface area contributed by atoms with Crippen molar-refractivity contribution in [2.24, 2.45) is 0 Å². The maximum atomic E-state index is 14.4. The monoisotopic (exact) mass is 671 g/mol. The summed E-state index contributed by atoms with van der Waals surface area (Å²) in [4.78, 5) is 29.5. The van der Waals surface area contributed by atoms with E-state index in [-0.39, 0.29) is 45.5 Å². The summed E-state index contributed by atoms with van der Waals surface area (Å²) < 4.78 is 29.0. The molecule has 1 N–H and O–H groups in total. The van der Waals surface area contributed by atoms with Crippen LogP contribution in [0.5, 0.6) is 0 Å². The zero-order chi connectivity index (χ0) is 31.9. The quantitative estimate of drug-likeness (QED) is 0.176. The first-order valence-electron chi connectivity index (χ1n) is 13.9. The third-order valence-corrected chi connectivity index (χ3v) is 9.60. The number of para-hydroxylation sites is 1. The minimum Gasteiger partial charge on any atom is -0.352 e. The second-order valence-corrected chi connectivity index (χ2v) is 13.5. The van der Waals surface area contributed by atoms with Gasteiger partial charge in [-0.25, -0.2) is 8.42 Å². The van der Waals surface area contributed by atoms with E-state index in [1.165, 1.54) is 23.1 Å². The molecule has 7 nitrogen and oxygen atoms in total. The molecular weight excluding hydrogens is 641 g/mol. The number of hydrogen-bond donors (Lipinski definition) is 1. The molecule has 0 bridgehead atoms. The van der Waals surface area contributed by atoms with E-state index in [4.69, 9.17) is 34.8 Å². The van der Waals surface area contributed by atoms with E-state index in [9.17, 15) is 18.0 Å². The first-order chi connectivity index (χ1) is 21.0. The molecule has 0 spiro atoms. The Kier molecular flexibility index (Phi) is 11.3. The van der Waals surface area contributed by atoms with Crippen molar-refractivity contribution >= 4 is 62.3 Å². The summed E-state index contributed by atoms with van der Waals surface area (Å²) in [6.45, 7) is 2.99. The van der Waals surface area contributed by atoms with E-state index in [0.29, 0.717) is 10.6 Å². The average Bonchev–Trinajstić information content (AvgIpc) is 3.00. The number of nitrogens with zero attached hydrogens (tertiary/aromatic N) is 2. The van der Waals surface area contributed by atoms with Crippen LogP contribution in [0.25, 0.3) is 0 Å². The van der Waals surface area contributed by atoms with Crippen LogP contribution in [-0.2, 0) is 32.6 Å². The van der Waals surface area contributed by atoms with E-state index in [2.05, 4.69) is 5.32 Å². The second kappa shape index (κ2) is 14.9. The third kappa shape index (κ3) is 8.33. The van der Waals surface area contributed by atoms with Crippen LogP contribution < -0.4 is 9.62 Å². The molecule has 11 heteroatoms. The largest absolute Gasteiger partial charge is 0.352 e. The molecule has 0 saturated carbocycles. The zero-order valence-corrected chi connectivity index (χ0v) is 27.2. The lowest BCUT2D eigenvalue weighted by molar-refractivity contribution is -0.140. The lowest BCUT2D eigenvalue weighted by atomic mass is 10.0. The topological polar surface area (TPSA) is 86.8 Å². The fourth-order valence-electron chi connectivity index (χ4n) is 4.66. The molecule has 0 saturated heterocycles. The molecule has 0 aliphatic rings. The van der Waals surface area contributed by atoms with E-state index >= 15 is 0 Å². The van der Waals surface area contributed by atoms with Gasteiger partial charge >= 0.3 is 0 Å². The number of rotatable bonds is 12. The van der Waals surface area contributed by atoms with Crippen LogP contribution in [0, 0.1) is 0 Å². The van der Waals surface area contributed by atoms with Gasteiger partial charge in [-0.2, -0.15) is 0 Å². The van der Waals surface area contributed by atoms with Gasteiger partial charge < -0.3 is 10.2 Å². The summed E-state index contributed by atoms with van der Waals surface area (Å²) >= 11 is 19.0. The average molecular weight is 673 g/mol. The SMILES string of the molecule is CC(C)NC(=O)C(Cc1ccccc1)N(Cc1ccc(Cl)c(Cl)c1)C(=O)CN(c1ccccc1Cl)S(=O)(=O)c1ccccc1. The van der Waals surface area contributed by atoms with Crippen LogP contribution >= 0.6 is 34.8 Å². The van der Waals surface area contributed by atoms with Crippen molar-refractivity contribution in [3.05, 3.63) is 129 Å². The third-order valence-electron chi connectivity index (χ3n) is 6.77. The molecule has 44 heavy (non-hydrogen) atoms. The number of nitrogens with one attached hydrogen (secondary N) is 1. The molecule has 2 amide bonds. The molecule has 0 fully saturated rings. The summed E-state index contributed by atoms with van der Waals surface area (Å²) in [5.41, 5.74) is 1.56. The summed E-state index contributed by atoms with van der Waals surface area (Å²) in [6, 6.07) is 27.2. The number of sulfonamides is 1. The number of benzene rings is 4. The molecule has 0 aromatic heterocycles. The summed E-state index contributed by atoms with van der Waals surface area (Å²) in [6.07, 6.45) is 0.185. The van der Waals surface area contributed by atoms with E-state index in [1.54, 1.807) is 54.6 Å². The fraction of sp³-hybridized carbons (Fsp3) is 0.212. The Hall–Kier alpha value is -3.56. The lowest BCUT2D eigenvalue weighted by Crippen LogP contribution is -2.54. The van der Waals surface area contributed by atoms with E-state index in [1.807, 2.05) is 44.2 Å². The molecule has 0 aliphatic heterocycles. The summed E-state index contributed by atoms with van der Waals surface area (Å²) in [7, 11) is -4.25. The minimum absolute atomic E-state index is 0.0119. The van der Waals surface area contributed by atoms with E-state index < -0.39 is 28.5 Å². The van der Waals surface area contributed by atoms with Crippen LogP contribution in [0.1, 0.15) is 25.0 Å². The maximum absolute atomic E-state index is 14.4. The van der Waals surface area contributed by atoms with Gasteiger partial charge in [0.2, 0.25) is 11.8 Å². The van der Waals surface area contributed by atoms with Crippen LogP contribution in [0.4, 0.5) is 5.69 Å². The molecule has 0 radical (unpaired) electrons. The van der Waals surface area contributed by atoms with Crippen LogP contribution in [0.3, 0.4) is 0 Å². The number of hydrogen-bond acceptors (Lipinski definition) is 4. The van der Waals surface area contributed by atoms with Gasteiger partial charge in [0.15, 0.2) is 0 Å². The zero-order valence-electron chi connectivity index (χ0n) is 24.2. The highest BCUT2D eigenvalue weighted by atomic mass is 35.5. The highest BCUT2D eigenvalue weighted by molar-refractivity contribution is 7.92. The van der Waals surface area contributed by atoms with Crippen molar-refractivity contribution in [2.45, 2.75) is 43.8 Å². The highest BCUT2D eigenvalue weighted by Gasteiger charge is 2.35. The number of halogens is 3. The van der Waals surface area contributed by atoms with Crippen LogP contribution in [0.15, 0.2) is 108 Å². The van der Waals surface area contributed by atoms with Gasteiger partial charge in [-0.05, 0) is 61.4 Å². The van der Waals surface area contributed by atoms with Gasteiger partial charge in [0.1, 0.15) is 12.6 Å². The normalized spacial score (nSPS) is 12.0. The predicted octanol–water partition coefficient (Wildman–Crippen LogP) is 7.01. The summed E-state index contributed by atoms with van der Waals surface area (Å²) in [5, 5.41) is 3.69. The number of carbonyl (C=O) groups excluding carboxylic acids is 2. The molecule has 0 heterocycles. The Bertz CT molecular complexity index is 1700. The van der Waals surface area contributed by atoms with Crippen molar-refractivity contribution < 1.29 is 18.0 Å². The standard InChI is InChI=1S/C33H32Cl3N3O4S/c1-23(2)37-33(41)31(20-24-11-5-3-6-12-24)38(21-25-17-18-27(34)29(36)19-25)32(40)22-39(30-16-10-9-15-28(30)35)44(42,43)26-13-7-4-8-14-26/h3-19,23,31H,20-22H2,1-2H3,(H,37,41). The number of carbonyl (C=O) groups is 2. The van der Waals surface area contributed by atoms with Crippen molar-refractivity contribution in [3.63, 3.8) is 0 Å². The Labute approximate surface area is 273 Å². The van der Waals surface area contributed by atoms with Crippen molar-refractivity contribution in [3.8, 4) is 0 Å². The molecule has 1 unspecified atom stereocenters. The fourth-order valence-corrected chi connectivity index (χ4v) is 6.72.